The second-order valence-electron chi connectivity index (χ2n) is 3.74. The Balaban J connectivity index is 2.29. The van der Waals surface area contributed by atoms with Crippen LogP contribution in [0.25, 0.3) is 0 Å². The second-order valence-corrected chi connectivity index (χ2v) is 3.74. The van der Waals surface area contributed by atoms with Crippen LogP contribution in [0.5, 0.6) is 0 Å². The lowest BCUT2D eigenvalue weighted by molar-refractivity contribution is -0.144. The zero-order chi connectivity index (χ0) is 9.68. The zero-order valence-electron chi connectivity index (χ0n) is 8.51. The Bertz CT molecular complexity index is 170. The Labute approximate surface area is 79.8 Å². The summed E-state index contributed by atoms with van der Waals surface area (Å²) in [5.74, 6) is 1.07. The van der Waals surface area contributed by atoms with Crippen molar-refractivity contribution in [2.75, 3.05) is 19.7 Å². The maximum Gasteiger partial charge on any atom is 0.306 e. The van der Waals surface area contributed by atoms with Crippen molar-refractivity contribution in [1.29, 1.82) is 0 Å². The van der Waals surface area contributed by atoms with Crippen LogP contribution in [-0.2, 0) is 9.53 Å². The van der Waals surface area contributed by atoms with Crippen molar-refractivity contribution in [3.8, 4) is 0 Å². The molecule has 0 aromatic heterocycles. The molecule has 0 spiro atoms. The Morgan fingerprint density at radius 2 is 2.38 bits per heavy atom. The minimum atomic E-state index is -0.0405. The van der Waals surface area contributed by atoms with Gasteiger partial charge < -0.3 is 10.1 Å². The summed E-state index contributed by atoms with van der Waals surface area (Å²) in [5.41, 5.74) is 0. The predicted octanol–water partition coefficient (Wildman–Crippen LogP) is 1.19. The number of carbonyl (C=O) groups is 1. The van der Waals surface area contributed by atoms with Gasteiger partial charge in [0, 0.05) is 6.42 Å². The van der Waals surface area contributed by atoms with E-state index in [9.17, 15) is 4.79 Å². The van der Waals surface area contributed by atoms with E-state index < -0.39 is 0 Å². The standard InChI is InChI=1S/C10H19NO2/c1-3-13-10(12)6-9-4-5-11-7-8(9)2/h8-9,11H,3-7H2,1-2H3/t8-,9-/m1/s1. The SMILES string of the molecule is CCOC(=O)C[C@H]1CCNC[C@H]1C. The topological polar surface area (TPSA) is 38.3 Å². The average Bonchev–Trinajstić information content (AvgIpc) is 2.09. The molecule has 0 bridgehead atoms. The first-order chi connectivity index (χ1) is 6.24. The number of esters is 1. The van der Waals surface area contributed by atoms with Crippen molar-refractivity contribution in [2.45, 2.75) is 26.7 Å². The van der Waals surface area contributed by atoms with Crippen LogP contribution < -0.4 is 5.32 Å². The highest BCUT2D eigenvalue weighted by Crippen LogP contribution is 2.22. The molecule has 0 saturated carbocycles. The van der Waals surface area contributed by atoms with Gasteiger partial charge in [0.25, 0.3) is 0 Å². The smallest absolute Gasteiger partial charge is 0.306 e. The van der Waals surface area contributed by atoms with E-state index in [2.05, 4.69) is 12.2 Å². The molecule has 1 heterocycles. The van der Waals surface area contributed by atoms with Crippen molar-refractivity contribution in [3.05, 3.63) is 0 Å². The molecule has 1 fully saturated rings. The van der Waals surface area contributed by atoms with Crippen LogP contribution in [0.1, 0.15) is 26.7 Å². The van der Waals surface area contributed by atoms with Gasteiger partial charge in [0.15, 0.2) is 0 Å². The zero-order valence-corrected chi connectivity index (χ0v) is 8.51. The molecule has 0 aromatic carbocycles. The molecule has 1 aliphatic rings. The Morgan fingerprint density at radius 3 is 3.00 bits per heavy atom. The molecule has 1 rings (SSSR count). The molecule has 1 saturated heterocycles. The van der Waals surface area contributed by atoms with Crippen LogP contribution >= 0.6 is 0 Å². The minimum Gasteiger partial charge on any atom is -0.466 e. The third-order valence-electron chi connectivity index (χ3n) is 2.70. The van der Waals surface area contributed by atoms with Gasteiger partial charge in [-0.3, -0.25) is 4.79 Å². The molecule has 1 aliphatic heterocycles. The van der Waals surface area contributed by atoms with Gasteiger partial charge in [-0.15, -0.1) is 0 Å². The van der Waals surface area contributed by atoms with Crippen LogP contribution in [0.2, 0.25) is 0 Å². The summed E-state index contributed by atoms with van der Waals surface area (Å²) in [6.07, 6.45) is 1.69. The van der Waals surface area contributed by atoms with Gasteiger partial charge in [0.05, 0.1) is 6.61 Å². The first-order valence-corrected chi connectivity index (χ1v) is 5.10. The molecule has 13 heavy (non-hydrogen) atoms. The fourth-order valence-corrected chi connectivity index (χ4v) is 1.81. The summed E-state index contributed by atoms with van der Waals surface area (Å²) < 4.78 is 4.93. The molecule has 2 atom stereocenters. The lowest BCUT2D eigenvalue weighted by Gasteiger charge is -2.28. The van der Waals surface area contributed by atoms with Crippen molar-refractivity contribution in [2.24, 2.45) is 11.8 Å². The van der Waals surface area contributed by atoms with Crippen LogP contribution in [0.4, 0.5) is 0 Å². The normalized spacial score (nSPS) is 28.5. The summed E-state index contributed by atoms with van der Waals surface area (Å²) in [6.45, 7) is 6.61. The van der Waals surface area contributed by atoms with Crippen molar-refractivity contribution in [3.63, 3.8) is 0 Å². The van der Waals surface area contributed by atoms with E-state index in [1.807, 2.05) is 6.92 Å². The Kier molecular flexibility index (Phi) is 4.22. The Morgan fingerprint density at radius 1 is 1.62 bits per heavy atom. The summed E-state index contributed by atoms with van der Waals surface area (Å²) in [7, 11) is 0. The highest BCUT2D eigenvalue weighted by molar-refractivity contribution is 5.69. The van der Waals surface area contributed by atoms with Gasteiger partial charge in [-0.05, 0) is 38.3 Å². The molecular weight excluding hydrogens is 166 g/mol. The van der Waals surface area contributed by atoms with Crippen molar-refractivity contribution < 1.29 is 9.53 Å². The van der Waals surface area contributed by atoms with Gasteiger partial charge in [-0.2, -0.15) is 0 Å². The van der Waals surface area contributed by atoms with Crippen molar-refractivity contribution >= 4 is 5.97 Å². The highest BCUT2D eigenvalue weighted by atomic mass is 16.5. The predicted molar refractivity (Wildman–Crippen MR) is 51.4 cm³/mol. The minimum absolute atomic E-state index is 0.0405. The number of rotatable bonds is 3. The summed E-state index contributed by atoms with van der Waals surface area (Å²) in [6, 6.07) is 0. The molecule has 3 heteroatoms. The van der Waals surface area contributed by atoms with E-state index >= 15 is 0 Å². The highest BCUT2D eigenvalue weighted by Gasteiger charge is 2.23. The van der Waals surface area contributed by atoms with E-state index in [0.29, 0.717) is 24.9 Å². The third-order valence-corrected chi connectivity index (χ3v) is 2.70. The molecule has 76 valence electrons. The van der Waals surface area contributed by atoms with Crippen molar-refractivity contribution in [1.82, 2.24) is 5.32 Å². The molecule has 0 radical (unpaired) electrons. The first-order valence-electron chi connectivity index (χ1n) is 5.10. The molecule has 1 N–H and O–H groups in total. The largest absolute Gasteiger partial charge is 0.466 e. The van der Waals surface area contributed by atoms with Crippen LogP contribution in [0.15, 0.2) is 0 Å². The summed E-state index contributed by atoms with van der Waals surface area (Å²) >= 11 is 0. The van der Waals surface area contributed by atoms with Gasteiger partial charge in [-0.1, -0.05) is 6.92 Å². The van der Waals surface area contributed by atoms with Gasteiger partial charge in [0.2, 0.25) is 0 Å². The number of hydrogen-bond donors (Lipinski definition) is 1. The quantitative estimate of drug-likeness (QED) is 0.671. The monoisotopic (exact) mass is 185 g/mol. The molecule has 0 amide bonds. The van der Waals surface area contributed by atoms with Gasteiger partial charge in [-0.25, -0.2) is 0 Å². The lowest BCUT2D eigenvalue weighted by Crippen LogP contribution is -2.36. The molecule has 0 aliphatic carbocycles. The van der Waals surface area contributed by atoms with Crippen LogP contribution in [0, 0.1) is 11.8 Å². The molecule has 3 nitrogen and oxygen atoms in total. The second kappa shape index (κ2) is 5.22. The summed E-state index contributed by atoms with van der Waals surface area (Å²) in [4.78, 5) is 11.2. The first kappa shape index (κ1) is 10.5. The van der Waals surface area contributed by atoms with E-state index in [-0.39, 0.29) is 5.97 Å². The molecular formula is C10H19NO2. The van der Waals surface area contributed by atoms with E-state index in [4.69, 9.17) is 4.74 Å². The number of carbonyl (C=O) groups excluding carboxylic acids is 1. The van der Waals surface area contributed by atoms with Crippen LogP contribution in [0.3, 0.4) is 0 Å². The van der Waals surface area contributed by atoms with Gasteiger partial charge in [0.1, 0.15) is 0 Å². The third kappa shape index (κ3) is 3.35. The van der Waals surface area contributed by atoms with E-state index in [0.717, 1.165) is 19.5 Å². The number of hydrogen-bond acceptors (Lipinski definition) is 3. The maximum absolute atomic E-state index is 11.2. The Hall–Kier alpha value is -0.570. The number of ether oxygens (including phenoxy) is 1. The van der Waals surface area contributed by atoms with Crippen LogP contribution in [-0.4, -0.2) is 25.7 Å². The molecule has 0 unspecified atom stereocenters. The lowest BCUT2D eigenvalue weighted by atomic mass is 9.85. The maximum atomic E-state index is 11.2. The van der Waals surface area contributed by atoms with Gasteiger partial charge >= 0.3 is 5.97 Å². The fraction of sp³-hybridized carbons (Fsp3) is 0.900. The number of nitrogens with one attached hydrogen (secondary N) is 1. The van der Waals surface area contributed by atoms with E-state index in [1.54, 1.807) is 0 Å². The number of piperidine rings is 1. The molecule has 0 aromatic rings. The summed E-state index contributed by atoms with van der Waals surface area (Å²) in [5, 5.41) is 3.32. The average molecular weight is 185 g/mol. The van der Waals surface area contributed by atoms with E-state index in [1.165, 1.54) is 0 Å². The fourth-order valence-electron chi connectivity index (χ4n) is 1.81.